The zero-order valence-electron chi connectivity index (χ0n) is 10.2. The summed E-state index contributed by atoms with van der Waals surface area (Å²) >= 11 is 0. The van der Waals surface area contributed by atoms with Crippen LogP contribution >= 0.6 is 0 Å². The molecule has 1 heterocycles. The molecule has 2 N–H and O–H groups in total. The van der Waals surface area contributed by atoms with Crippen LogP contribution in [-0.2, 0) is 10.0 Å². The quantitative estimate of drug-likeness (QED) is 0.884. The normalized spacial score (nSPS) is 13.4. The molecule has 1 unspecified atom stereocenters. The fraction of sp³-hybridized carbons (Fsp3) is 0.250. The number of rotatable bonds is 4. The number of aromatic nitrogens is 2. The number of nitrogens with zero attached hydrogens (tertiary/aromatic N) is 1. The van der Waals surface area contributed by atoms with Crippen LogP contribution in [0.4, 0.5) is 0 Å². The Labute approximate surface area is 106 Å². The molecular weight excluding hydrogens is 250 g/mol. The summed E-state index contributed by atoms with van der Waals surface area (Å²) in [6.07, 6.45) is 1.31. The third kappa shape index (κ3) is 2.60. The first-order chi connectivity index (χ1) is 8.50. The molecule has 0 spiro atoms. The molecule has 18 heavy (non-hydrogen) atoms. The van der Waals surface area contributed by atoms with Crippen molar-refractivity contribution in [1.29, 1.82) is 0 Å². The fourth-order valence-electron chi connectivity index (χ4n) is 1.72. The molecule has 0 aliphatic carbocycles. The predicted molar refractivity (Wildman–Crippen MR) is 68.5 cm³/mol. The smallest absolute Gasteiger partial charge is 0.244 e. The molecule has 0 saturated heterocycles. The highest BCUT2D eigenvalue weighted by atomic mass is 32.2. The van der Waals surface area contributed by atoms with E-state index >= 15 is 0 Å². The molecule has 6 heteroatoms. The molecule has 2 aromatic rings. The summed E-state index contributed by atoms with van der Waals surface area (Å²) in [5.74, 6) is 0. The lowest BCUT2D eigenvalue weighted by molar-refractivity contribution is 0.566. The van der Waals surface area contributed by atoms with Gasteiger partial charge in [-0.05, 0) is 19.4 Å². The van der Waals surface area contributed by atoms with Crippen LogP contribution in [0.25, 0.3) is 0 Å². The number of sulfonamides is 1. The highest BCUT2D eigenvalue weighted by Gasteiger charge is 2.21. The van der Waals surface area contributed by atoms with Gasteiger partial charge in [0.2, 0.25) is 10.0 Å². The second kappa shape index (κ2) is 4.91. The van der Waals surface area contributed by atoms with Crippen molar-refractivity contribution < 1.29 is 8.42 Å². The first kappa shape index (κ1) is 12.8. The monoisotopic (exact) mass is 265 g/mol. The number of nitrogens with one attached hydrogen (secondary N) is 2. The maximum absolute atomic E-state index is 12.1. The minimum atomic E-state index is -3.54. The van der Waals surface area contributed by atoms with E-state index in [9.17, 15) is 8.42 Å². The van der Waals surface area contributed by atoms with E-state index in [4.69, 9.17) is 0 Å². The topological polar surface area (TPSA) is 74.8 Å². The first-order valence-electron chi connectivity index (χ1n) is 5.58. The summed E-state index contributed by atoms with van der Waals surface area (Å²) in [4.78, 5) is 0.185. The predicted octanol–water partition coefficient (Wildman–Crippen LogP) is 1.76. The van der Waals surface area contributed by atoms with Crippen molar-refractivity contribution in [3.63, 3.8) is 0 Å². The van der Waals surface area contributed by atoms with Crippen molar-refractivity contribution in [2.45, 2.75) is 24.8 Å². The maximum Gasteiger partial charge on any atom is 0.244 e. The van der Waals surface area contributed by atoms with Gasteiger partial charge in [-0.2, -0.15) is 5.10 Å². The van der Waals surface area contributed by atoms with Gasteiger partial charge in [0, 0.05) is 6.04 Å². The van der Waals surface area contributed by atoms with E-state index in [-0.39, 0.29) is 10.9 Å². The van der Waals surface area contributed by atoms with Crippen molar-refractivity contribution in [1.82, 2.24) is 14.9 Å². The van der Waals surface area contributed by atoms with Crippen molar-refractivity contribution in [3.05, 3.63) is 47.8 Å². The van der Waals surface area contributed by atoms with Crippen LogP contribution in [0.1, 0.15) is 24.2 Å². The Balaban J connectivity index is 2.22. The van der Waals surface area contributed by atoms with Gasteiger partial charge in [-0.25, -0.2) is 13.1 Å². The summed E-state index contributed by atoms with van der Waals surface area (Å²) in [7, 11) is -3.54. The molecule has 0 radical (unpaired) electrons. The summed E-state index contributed by atoms with van der Waals surface area (Å²) in [5, 5.41) is 6.34. The van der Waals surface area contributed by atoms with E-state index in [1.54, 1.807) is 6.92 Å². The van der Waals surface area contributed by atoms with Crippen LogP contribution in [-0.4, -0.2) is 18.6 Å². The standard InChI is InChI=1S/C12H15N3O2S/c1-9(11-6-4-3-5-7-11)15-18(16,17)12-8-13-14-10(12)2/h3-9,15H,1-2H3,(H,13,14). The molecule has 0 amide bonds. The minimum Gasteiger partial charge on any atom is -0.281 e. The average Bonchev–Trinajstić information content (AvgIpc) is 2.77. The molecular formula is C12H15N3O2S. The second-order valence-electron chi connectivity index (χ2n) is 4.11. The molecule has 0 fully saturated rings. The molecule has 1 aromatic heterocycles. The number of hydrogen-bond donors (Lipinski definition) is 2. The lowest BCUT2D eigenvalue weighted by atomic mass is 10.1. The van der Waals surface area contributed by atoms with Gasteiger partial charge in [-0.1, -0.05) is 30.3 Å². The lowest BCUT2D eigenvalue weighted by Gasteiger charge is -2.14. The summed E-state index contributed by atoms with van der Waals surface area (Å²) in [6.45, 7) is 3.48. The van der Waals surface area contributed by atoms with Crippen molar-refractivity contribution in [2.24, 2.45) is 0 Å². The highest BCUT2D eigenvalue weighted by Crippen LogP contribution is 2.17. The van der Waals surface area contributed by atoms with Crippen LogP contribution < -0.4 is 4.72 Å². The summed E-state index contributed by atoms with van der Waals surface area (Å²) in [6, 6.07) is 9.13. The molecule has 0 aliphatic rings. The number of H-pyrrole nitrogens is 1. The van der Waals surface area contributed by atoms with E-state index in [0.29, 0.717) is 5.69 Å². The fourth-order valence-corrected chi connectivity index (χ4v) is 3.09. The van der Waals surface area contributed by atoms with Crippen LogP contribution in [0.2, 0.25) is 0 Å². The van der Waals surface area contributed by atoms with E-state index in [1.807, 2.05) is 37.3 Å². The Hall–Kier alpha value is -1.66. The number of benzene rings is 1. The maximum atomic E-state index is 12.1. The van der Waals surface area contributed by atoms with Crippen LogP contribution in [0.3, 0.4) is 0 Å². The van der Waals surface area contributed by atoms with Gasteiger partial charge in [0.1, 0.15) is 4.90 Å². The number of aromatic amines is 1. The highest BCUT2D eigenvalue weighted by molar-refractivity contribution is 7.89. The Morgan fingerprint density at radius 3 is 2.50 bits per heavy atom. The van der Waals surface area contributed by atoms with E-state index in [2.05, 4.69) is 14.9 Å². The second-order valence-corrected chi connectivity index (χ2v) is 5.80. The molecule has 0 saturated carbocycles. The lowest BCUT2D eigenvalue weighted by Crippen LogP contribution is -2.27. The summed E-state index contributed by atoms with van der Waals surface area (Å²) < 4.78 is 26.9. The third-order valence-electron chi connectivity index (χ3n) is 2.70. The Bertz CT molecular complexity index is 620. The molecule has 0 aliphatic heterocycles. The third-order valence-corrected chi connectivity index (χ3v) is 4.36. The summed E-state index contributed by atoms with van der Waals surface area (Å²) in [5.41, 5.74) is 1.45. The first-order valence-corrected chi connectivity index (χ1v) is 7.06. The van der Waals surface area contributed by atoms with Crippen molar-refractivity contribution >= 4 is 10.0 Å². The van der Waals surface area contributed by atoms with Gasteiger partial charge in [0.25, 0.3) is 0 Å². The van der Waals surface area contributed by atoms with Crippen molar-refractivity contribution in [3.8, 4) is 0 Å². The van der Waals surface area contributed by atoms with Gasteiger partial charge < -0.3 is 0 Å². The van der Waals surface area contributed by atoms with Gasteiger partial charge in [0.05, 0.1) is 11.9 Å². The van der Waals surface area contributed by atoms with E-state index in [1.165, 1.54) is 6.20 Å². The van der Waals surface area contributed by atoms with Gasteiger partial charge in [0.15, 0.2) is 0 Å². The largest absolute Gasteiger partial charge is 0.281 e. The number of aryl methyl sites for hydroxylation is 1. The van der Waals surface area contributed by atoms with Crippen LogP contribution in [0, 0.1) is 6.92 Å². The zero-order chi connectivity index (χ0) is 13.2. The average molecular weight is 265 g/mol. The SMILES string of the molecule is Cc1[nH]ncc1S(=O)(=O)NC(C)c1ccccc1. The van der Waals surface area contributed by atoms with Gasteiger partial charge in [-0.15, -0.1) is 0 Å². The zero-order valence-corrected chi connectivity index (χ0v) is 11.0. The Kier molecular flexibility index (Phi) is 3.49. The molecule has 1 atom stereocenters. The van der Waals surface area contributed by atoms with Crippen LogP contribution in [0.5, 0.6) is 0 Å². The molecule has 5 nitrogen and oxygen atoms in total. The van der Waals surface area contributed by atoms with E-state index in [0.717, 1.165) is 5.56 Å². The molecule has 96 valence electrons. The van der Waals surface area contributed by atoms with Gasteiger partial charge >= 0.3 is 0 Å². The minimum absolute atomic E-state index is 0.185. The Morgan fingerprint density at radius 2 is 1.94 bits per heavy atom. The van der Waals surface area contributed by atoms with Gasteiger partial charge in [-0.3, -0.25) is 5.10 Å². The number of hydrogen-bond acceptors (Lipinski definition) is 3. The van der Waals surface area contributed by atoms with Crippen LogP contribution in [0.15, 0.2) is 41.4 Å². The molecule has 1 aromatic carbocycles. The Morgan fingerprint density at radius 1 is 1.28 bits per heavy atom. The van der Waals surface area contributed by atoms with Crippen molar-refractivity contribution in [2.75, 3.05) is 0 Å². The molecule has 0 bridgehead atoms. The van der Waals surface area contributed by atoms with E-state index < -0.39 is 10.0 Å². The molecule has 2 rings (SSSR count).